The molecule has 0 saturated heterocycles. The van der Waals surface area contributed by atoms with E-state index in [4.69, 9.17) is 5.11 Å². The number of carboxylic acid groups (broad SMARTS) is 1. The number of hydrogen-bond acceptors (Lipinski definition) is 4. The van der Waals surface area contributed by atoms with Gasteiger partial charge < -0.3 is 5.11 Å². The van der Waals surface area contributed by atoms with E-state index >= 15 is 0 Å². The number of nitrogens with one attached hydrogen (secondary N) is 1. The molecule has 0 heterocycles. The molecule has 0 amide bonds. The van der Waals surface area contributed by atoms with Gasteiger partial charge in [0.1, 0.15) is 16.3 Å². The summed E-state index contributed by atoms with van der Waals surface area (Å²) >= 11 is 1.41. The van der Waals surface area contributed by atoms with Crippen LogP contribution in [0.4, 0.5) is 8.78 Å². The monoisotopic (exact) mass is 337 g/mol. The number of rotatable bonds is 8. The average Bonchev–Trinajstić information content (AvgIpc) is 2.37. The van der Waals surface area contributed by atoms with Gasteiger partial charge in [-0.15, -0.1) is 6.58 Å². The first-order valence-corrected chi connectivity index (χ1v) is 8.34. The molecule has 1 aromatic rings. The van der Waals surface area contributed by atoms with Crippen molar-refractivity contribution in [3.63, 3.8) is 0 Å². The summed E-state index contributed by atoms with van der Waals surface area (Å²) in [7, 11) is -4.25. The maximum absolute atomic E-state index is 13.9. The molecule has 0 unspecified atom stereocenters. The van der Waals surface area contributed by atoms with E-state index < -0.39 is 38.1 Å². The van der Waals surface area contributed by atoms with Crippen molar-refractivity contribution in [2.24, 2.45) is 0 Å². The topological polar surface area (TPSA) is 83.5 Å². The number of benzene rings is 1. The molecule has 0 saturated carbocycles. The number of carbonyl (C=O) groups is 1. The minimum Gasteiger partial charge on any atom is -0.477 e. The Kier molecular flexibility index (Phi) is 6.31. The first-order chi connectivity index (χ1) is 9.81. The normalized spacial score (nSPS) is 11.3. The Morgan fingerprint density at radius 3 is 2.67 bits per heavy atom. The van der Waals surface area contributed by atoms with Gasteiger partial charge in [0.25, 0.3) is 0 Å². The lowest BCUT2D eigenvalue weighted by atomic mass is 10.2. The second-order valence-corrected chi connectivity index (χ2v) is 6.69. The second-order valence-electron chi connectivity index (χ2n) is 3.80. The van der Waals surface area contributed by atoms with Crippen LogP contribution < -0.4 is 4.72 Å². The lowest BCUT2D eigenvalue weighted by Gasteiger charge is -2.09. The van der Waals surface area contributed by atoms with Gasteiger partial charge >= 0.3 is 5.97 Å². The third-order valence-electron chi connectivity index (χ3n) is 2.33. The van der Waals surface area contributed by atoms with Gasteiger partial charge in [-0.1, -0.05) is 6.08 Å². The Bertz CT molecular complexity index is 647. The van der Waals surface area contributed by atoms with Crippen molar-refractivity contribution in [3.8, 4) is 0 Å². The highest BCUT2D eigenvalue weighted by atomic mass is 32.2. The molecule has 0 fully saturated rings. The summed E-state index contributed by atoms with van der Waals surface area (Å²) in [5, 5.41) is 8.70. The number of carboxylic acids is 1. The van der Waals surface area contributed by atoms with Gasteiger partial charge in [-0.2, -0.15) is 11.8 Å². The summed E-state index contributed by atoms with van der Waals surface area (Å²) < 4.78 is 52.9. The van der Waals surface area contributed by atoms with Crippen molar-refractivity contribution < 1.29 is 27.1 Å². The van der Waals surface area contributed by atoms with Crippen molar-refractivity contribution in [2.45, 2.75) is 4.90 Å². The fourth-order valence-corrected chi connectivity index (χ4v) is 3.25. The minimum absolute atomic E-state index is 0.0278. The third-order valence-corrected chi connectivity index (χ3v) is 4.78. The summed E-state index contributed by atoms with van der Waals surface area (Å²) in [5.74, 6) is -3.76. The van der Waals surface area contributed by atoms with Gasteiger partial charge in [-0.05, 0) is 12.1 Å². The largest absolute Gasteiger partial charge is 0.477 e. The van der Waals surface area contributed by atoms with Crippen molar-refractivity contribution >= 4 is 27.8 Å². The lowest BCUT2D eigenvalue weighted by Crippen LogP contribution is -2.27. The standard InChI is InChI=1S/C12H13F2NO4S2/c1-2-6-20-7-5-15-21(18,19)9-4-3-8(13)10(11(9)14)12(16)17/h2-4,15H,1,5-7H2,(H,16,17). The van der Waals surface area contributed by atoms with Crippen LogP contribution in [-0.4, -0.2) is 37.5 Å². The summed E-state index contributed by atoms with van der Waals surface area (Å²) in [6, 6.07) is 1.30. The van der Waals surface area contributed by atoms with Crippen LogP contribution in [0.2, 0.25) is 0 Å². The van der Waals surface area contributed by atoms with E-state index in [-0.39, 0.29) is 6.54 Å². The van der Waals surface area contributed by atoms with Crippen LogP contribution in [0.15, 0.2) is 29.7 Å². The minimum atomic E-state index is -4.25. The number of halogens is 2. The fourth-order valence-electron chi connectivity index (χ4n) is 1.43. The molecule has 0 aliphatic carbocycles. The number of hydrogen-bond donors (Lipinski definition) is 2. The van der Waals surface area contributed by atoms with Gasteiger partial charge in [0.15, 0.2) is 5.82 Å². The van der Waals surface area contributed by atoms with Gasteiger partial charge in [0.2, 0.25) is 10.0 Å². The summed E-state index contributed by atoms with van der Waals surface area (Å²) in [6.45, 7) is 3.53. The van der Waals surface area contributed by atoms with E-state index in [1.54, 1.807) is 6.08 Å². The third kappa shape index (κ3) is 4.51. The van der Waals surface area contributed by atoms with E-state index in [2.05, 4.69) is 11.3 Å². The highest BCUT2D eigenvalue weighted by Crippen LogP contribution is 2.21. The molecule has 2 N–H and O–H groups in total. The molecular formula is C12H13F2NO4S2. The number of thioether (sulfide) groups is 1. The highest BCUT2D eigenvalue weighted by molar-refractivity contribution is 7.99. The Morgan fingerprint density at radius 1 is 1.43 bits per heavy atom. The van der Waals surface area contributed by atoms with E-state index in [1.165, 1.54) is 11.8 Å². The van der Waals surface area contributed by atoms with E-state index in [0.717, 1.165) is 0 Å². The molecule has 0 aliphatic rings. The molecule has 1 rings (SSSR count). The molecule has 21 heavy (non-hydrogen) atoms. The van der Waals surface area contributed by atoms with Crippen LogP contribution in [0.5, 0.6) is 0 Å². The van der Waals surface area contributed by atoms with Gasteiger partial charge in [0, 0.05) is 18.1 Å². The van der Waals surface area contributed by atoms with Crippen LogP contribution >= 0.6 is 11.8 Å². The van der Waals surface area contributed by atoms with E-state index in [1.807, 2.05) is 0 Å². The number of aromatic carboxylic acids is 1. The van der Waals surface area contributed by atoms with Gasteiger partial charge in [-0.25, -0.2) is 26.7 Å². The van der Waals surface area contributed by atoms with Crippen molar-refractivity contribution in [3.05, 3.63) is 42.0 Å². The highest BCUT2D eigenvalue weighted by Gasteiger charge is 2.26. The summed E-state index contributed by atoms with van der Waals surface area (Å²) in [4.78, 5) is 9.85. The molecule has 0 aliphatic heterocycles. The van der Waals surface area contributed by atoms with E-state index in [9.17, 15) is 22.0 Å². The Hall–Kier alpha value is -1.45. The van der Waals surface area contributed by atoms with Gasteiger partial charge in [0.05, 0.1) is 0 Å². The molecule has 5 nitrogen and oxygen atoms in total. The molecule has 0 bridgehead atoms. The molecule has 116 valence electrons. The molecular weight excluding hydrogens is 324 g/mol. The maximum atomic E-state index is 13.9. The van der Waals surface area contributed by atoms with Crippen LogP contribution in [0.3, 0.4) is 0 Å². The zero-order chi connectivity index (χ0) is 16.0. The number of sulfonamides is 1. The van der Waals surface area contributed by atoms with E-state index in [0.29, 0.717) is 23.6 Å². The van der Waals surface area contributed by atoms with Crippen LogP contribution in [0, 0.1) is 11.6 Å². The Balaban J connectivity index is 2.96. The van der Waals surface area contributed by atoms with Crippen LogP contribution in [-0.2, 0) is 10.0 Å². The lowest BCUT2D eigenvalue weighted by molar-refractivity contribution is 0.0685. The van der Waals surface area contributed by atoms with Crippen molar-refractivity contribution in [2.75, 3.05) is 18.1 Å². The van der Waals surface area contributed by atoms with Crippen LogP contribution in [0.25, 0.3) is 0 Å². The zero-order valence-corrected chi connectivity index (χ0v) is 12.4. The average molecular weight is 337 g/mol. The molecule has 1 aromatic carbocycles. The van der Waals surface area contributed by atoms with Crippen molar-refractivity contribution in [1.29, 1.82) is 0 Å². The molecule has 0 aromatic heterocycles. The Labute approximate surface area is 125 Å². The summed E-state index contributed by atoms with van der Waals surface area (Å²) in [5.41, 5.74) is -1.29. The fraction of sp³-hybridized carbons (Fsp3) is 0.250. The summed E-state index contributed by atoms with van der Waals surface area (Å²) in [6.07, 6.45) is 1.65. The van der Waals surface area contributed by atoms with Crippen LogP contribution in [0.1, 0.15) is 10.4 Å². The zero-order valence-electron chi connectivity index (χ0n) is 10.8. The molecule has 0 spiro atoms. The molecule has 0 radical (unpaired) electrons. The smallest absolute Gasteiger partial charge is 0.341 e. The molecule has 0 atom stereocenters. The SMILES string of the molecule is C=CCSCCNS(=O)(=O)c1ccc(F)c(C(=O)O)c1F. The molecule has 9 heteroatoms. The van der Waals surface area contributed by atoms with Crippen molar-refractivity contribution in [1.82, 2.24) is 4.72 Å². The quantitative estimate of drug-likeness (QED) is 0.559. The first-order valence-electron chi connectivity index (χ1n) is 5.71. The maximum Gasteiger partial charge on any atom is 0.341 e. The first kappa shape index (κ1) is 17.6. The predicted octanol–water partition coefficient (Wildman–Crippen LogP) is 1.86. The Morgan fingerprint density at radius 2 is 2.10 bits per heavy atom. The second kappa shape index (κ2) is 7.53. The predicted molar refractivity (Wildman–Crippen MR) is 76.0 cm³/mol. The van der Waals surface area contributed by atoms with Gasteiger partial charge in [-0.3, -0.25) is 0 Å².